The Kier molecular flexibility index (Phi) is 5.15. The number of hydrogen-bond donors (Lipinski definition) is 2. The summed E-state index contributed by atoms with van der Waals surface area (Å²) < 4.78 is 0. The smallest absolute Gasteiger partial charge is 0.312 e. The summed E-state index contributed by atoms with van der Waals surface area (Å²) in [5.74, 6) is -1.41. The van der Waals surface area contributed by atoms with Gasteiger partial charge in [-0.3, -0.25) is 9.59 Å². The van der Waals surface area contributed by atoms with Crippen LogP contribution in [0.1, 0.15) is 51.4 Å². The molecule has 1 aliphatic rings. The zero-order valence-electron chi connectivity index (χ0n) is 9.00. The quantitative estimate of drug-likeness (QED) is 0.701. The van der Waals surface area contributed by atoms with Crippen LogP contribution in [0.25, 0.3) is 0 Å². The number of carboxylic acids is 1. The van der Waals surface area contributed by atoms with Crippen molar-refractivity contribution in [2.75, 3.05) is 0 Å². The van der Waals surface area contributed by atoms with E-state index in [0.29, 0.717) is 0 Å². The number of carbonyl (C=O) groups is 2. The van der Waals surface area contributed by atoms with Crippen molar-refractivity contribution in [2.24, 2.45) is 0 Å². The number of carboxylic acid groups (broad SMARTS) is 1. The van der Waals surface area contributed by atoms with Gasteiger partial charge in [0.05, 0.1) is 0 Å². The Labute approximate surface area is 90.0 Å². The van der Waals surface area contributed by atoms with Crippen LogP contribution in [-0.4, -0.2) is 23.0 Å². The molecule has 86 valence electrons. The SMILES string of the molecule is O=C(O)CC(=O)NC1CCCCCCC1. The predicted octanol–water partition coefficient (Wildman–Crippen LogP) is 1.69. The van der Waals surface area contributed by atoms with Gasteiger partial charge in [0.15, 0.2) is 0 Å². The third kappa shape index (κ3) is 5.40. The minimum atomic E-state index is -1.06. The molecule has 0 radical (unpaired) electrons. The van der Waals surface area contributed by atoms with Gasteiger partial charge in [-0.15, -0.1) is 0 Å². The van der Waals surface area contributed by atoms with E-state index in [4.69, 9.17) is 5.11 Å². The van der Waals surface area contributed by atoms with Crippen molar-refractivity contribution in [3.8, 4) is 0 Å². The molecule has 1 amide bonds. The molecule has 0 aromatic heterocycles. The minimum Gasteiger partial charge on any atom is -0.481 e. The summed E-state index contributed by atoms with van der Waals surface area (Å²) >= 11 is 0. The monoisotopic (exact) mass is 213 g/mol. The average Bonchev–Trinajstić information content (AvgIpc) is 2.08. The Bertz CT molecular complexity index is 220. The summed E-state index contributed by atoms with van der Waals surface area (Å²) in [7, 11) is 0. The molecule has 0 unspecified atom stereocenters. The van der Waals surface area contributed by atoms with Crippen molar-refractivity contribution < 1.29 is 14.7 Å². The number of amides is 1. The molecule has 1 rings (SSSR count). The topological polar surface area (TPSA) is 66.4 Å². The lowest BCUT2D eigenvalue weighted by Gasteiger charge is -2.20. The zero-order chi connectivity index (χ0) is 11.1. The van der Waals surface area contributed by atoms with E-state index in [0.717, 1.165) is 25.7 Å². The molecule has 1 aliphatic carbocycles. The third-order valence-corrected chi connectivity index (χ3v) is 2.78. The molecule has 0 heterocycles. The Balaban J connectivity index is 2.28. The fraction of sp³-hybridized carbons (Fsp3) is 0.818. The Morgan fingerprint density at radius 2 is 1.60 bits per heavy atom. The standard InChI is InChI=1S/C11H19NO3/c13-10(8-11(14)15)12-9-6-4-2-1-3-5-7-9/h9H,1-8H2,(H,12,13)(H,14,15). The van der Waals surface area contributed by atoms with E-state index in [1.165, 1.54) is 19.3 Å². The number of rotatable bonds is 3. The number of aliphatic carboxylic acids is 1. The second-order valence-corrected chi connectivity index (χ2v) is 4.18. The van der Waals surface area contributed by atoms with Crippen LogP contribution in [0.3, 0.4) is 0 Å². The van der Waals surface area contributed by atoms with Crippen molar-refractivity contribution in [1.82, 2.24) is 5.32 Å². The van der Waals surface area contributed by atoms with Crippen molar-refractivity contribution in [3.63, 3.8) is 0 Å². The van der Waals surface area contributed by atoms with Gasteiger partial charge in [-0.05, 0) is 12.8 Å². The minimum absolute atomic E-state index is 0.192. The molecule has 4 nitrogen and oxygen atoms in total. The lowest BCUT2D eigenvalue weighted by atomic mass is 9.96. The summed E-state index contributed by atoms with van der Waals surface area (Å²) in [4.78, 5) is 21.5. The molecule has 1 fully saturated rings. The molecule has 0 spiro atoms. The Morgan fingerprint density at radius 1 is 1.07 bits per heavy atom. The highest BCUT2D eigenvalue weighted by Gasteiger charge is 2.15. The van der Waals surface area contributed by atoms with Crippen LogP contribution < -0.4 is 5.32 Å². The van der Waals surface area contributed by atoms with Crippen molar-refractivity contribution in [2.45, 2.75) is 57.4 Å². The maximum atomic E-state index is 11.2. The summed E-state index contributed by atoms with van der Waals surface area (Å²) in [6.07, 6.45) is 7.59. The predicted molar refractivity (Wildman–Crippen MR) is 56.5 cm³/mol. The first-order valence-corrected chi connectivity index (χ1v) is 5.69. The first-order chi connectivity index (χ1) is 7.18. The van der Waals surface area contributed by atoms with Gasteiger partial charge in [0, 0.05) is 6.04 Å². The molecule has 15 heavy (non-hydrogen) atoms. The Morgan fingerprint density at radius 3 is 2.13 bits per heavy atom. The molecule has 0 aromatic rings. The van der Waals surface area contributed by atoms with Crippen LogP contribution in [0.15, 0.2) is 0 Å². The second kappa shape index (κ2) is 6.43. The van der Waals surface area contributed by atoms with Gasteiger partial charge in [0.1, 0.15) is 6.42 Å². The lowest BCUT2D eigenvalue weighted by Crippen LogP contribution is -2.36. The van der Waals surface area contributed by atoms with Crippen LogP contribution in [0.2, 0.25) is 0 Å². The maximum Gasteiger partial charge on any atom is 0.312 e. The molecule has 2 N–H and O–H groups in total. The van der Waals surface area contributed by atoms with Gasteiger partial charge in [-0.25, -0.2) is 0 Å². The summed E-state index contributed by atoms with van der Waals surface area (Å²) in [6, 6.07) is 0.192. The van der Waals surface area contributed by atoms with Crippen molar-refractivity contribution >= 4 is 11.9 Å². The van der Waals surface area contributed by atoms with Gasteiger partial charge >= 0.3 is 5.97 Å². The maximum absolute atomic E-state index is 11.2. The summed E-state index contributed by atoms with van der Waals surface area (Å²) in [6.45, 7) is 0. The average molecular weight is 213 g/mol. The molecule has 0 saturated heterocycles. The van der Waals surface area contributed by atoms with E-state index in [2.05, 4.69) is 5.32 Å². The van der Waals surface area contributed by atoms with Crippen molar-refractivity contribution in [1.29, 1.82) is 0 Å². The van der Waals surface area contributed by atoms with E-state index < -0.39 is 12.4 Å². The van der Waals surface area contributed by atoms with Crippen LogP contribution >= 0.6 is 0 Å². The molecule has 4 heteroatoms. The van der Waals surface area contributed by atoms with E-state index in [-0.39, 0.29) is 11.9 Å². The first kappa shape index (κ1) is 12.0. The van der Waals surface area contributed by atoms with Crippen LogP contribution in [0.5, 0.6) is 0 Å². The summed E-state index contributed by atoms with van der Waals surface area (Å²) in [5.41, 5.74) is 0. The number of nitrogens with one attached hydrogen (secondary N) is 1. The van der Waals surface area contributed by atoms with Crippen molar-refractivity contribution in [3.05, 3.63) is 0 Å². The highest BCUT2D eigenvalue weighted by atomic mass is 16.4. The van der Waals surface area contributed by atoms with Gasteiger partial charge < -0.3 is 10.4 Å². The zero-order valence-corrected chi connectivity index (χ0v) is 9.00. The van der Waals surface area contributed by atoms with Gasteiger partial charge in [0.2, 0.25) is 5.91 Å². The fourth-order valence-electron chi connectivity index (χ4n) is 2.02. The number of hydrogen-bond acceptors (Lipinski definition) is 2. The largest absolute Gasteiger partial charge is 0.481 e. The molecular weight excluding hydrogens is 194 g/mol. The normalized spacial score (nSPS) is 18.9. The molecule has 1 saturated carbocycles. The molecule has 0 aliphatic heterocycles. The van der Waals surface area contributed by atoms with E-state index >= 15 is 0 Å². The van der Waals surface area contributed by atoms with E-state index in [9.17, 15) is 9.59 Å². The first-order valence-electron chi connectivity index (χ1n) is 5.69. The van der Waals surface area contributed by atoms with Gasteiger partial charge in [-0.2, -0.15) is 0 Å². The van der Waals surface area contributed by atoms with Gasteiger partial charge in [-0.1, -0.05) is 32.1 Å². The van der Waals surface area contributed by atoms with Crippen LogP contribution in [-0.2, 0) is 9.59 Å². The third-order valence-electron chi connectivity index (χ3n) is 2.78. The highest BCUT2D eigenvalue weighted by Crippen LogP contribution is 2.17. The molecule has 0 bridgehead atoms. The fourth-order valence-corrected chi connectivity index (χ4v) is 2.02. The molecular formula is C11H19NO3. The van der Waals surface area contributed by atoms with E-state index in [1.807, 2.05) is 0 Å². The van der Waals surface area contributed by atoms with Crippen LogP contribution in [0.4, 0.5) is 0 Å². The van der Waals surface area contributed by atoms with Crippen LogP contribution in [0, 0.1) is 0 Å². The molecule has 0 atom stereocenters. The second-order valence-electron chi connectivity index (χ2n) is 4.18. The molecule has 0 aromatic carbocycles. The van der Waals surface area contributed by atoms with E-state index in [1.54, 1.807) is 0 Å². The lowest BCUT2D eigenvalue weighted by molar-refractivity contribution is -0.140. The van der Waals surface area contributed by atoms with Gasteiger partial charge in [0.25, 0.3) is 0 Å². The number of carbonyl (C=O) groups excluding carboxylic acids is 1. The summed E-state index contributed by atoms with van der Waals surface area (Å²) in [5, 5.41) is 11.3. The highest BCUT2D eigenvalue weighted by molar-refractivity contribution is 5.93. The Hall–Kier alpha value is -1.06.